The van der Waals surface area contributed by atoms with Gasteiger partial charge in [0.05, 0.1) is 22.3 Å². The molecule has 0 fully saturated rings. The van der Waals surface area contributed by atoms with Crippen molar-refractivity contribution < 1.29 is 22.8 Å². The van der Waals surface area contributed by atoms with Gasteiger partial charge in [-0.2, -0.15) is 13.2 Å². The monoisotopic (exact) mass is 410 g/mol. The fraction of sp³-hybridized carbons (Fsp3) is 0.300. The number of hydrogen-bond acceptors (Lipinski definition) is 3. The minimum Gasteiger partial charge on any atom is -0.325 e. The number of anilines is 2. The second-order valence-electron chi connectivity index (χ2n) is 6.08. The van der Waals surface area contributed by atoms with E-state index in [1.807, 2.05) is 19.1 Å². The number of benzene rings is 2. The van der Waals surface area contributed by atoms with Crippen molar-refractivity contribution in [1.82, 2.24) is 0 Å². The van der Waals surface area contributed by atoms with Crippen LogP contribution in [0.2, 0.25) is 0 Å². The first-order valence-electron chi connectivity index (χ1n) is 8.68. The van der Waals surface area contributed by atoms with E-state index in [0.29, 0.717) is 5.69 Å². The average molecular weight is 410 g/mol. The van der Waals surface area contributed by atoms with E-state index in [-0.39, 0.29) is 17.3 Å². The number of halogens is 3. The fourth-order valence-electron chi connectivity index (χ4n) is 2.37. The van der Waals surface area contributed by atoms with Crippen LogP contribution in [0, 0.1) is 0 Å². The van der Waals surface area contributed by atoms with Crippen molar-refractivity contribution >= 4 is 35.0 Å². The zero-order chi connectivity index (χ0) is 20.7. The van der Waals surface area contributed by atoms with E-state index in [9.17, 15) is 22.8 Å². The molecule has 0 bridgehead atoms. The molecule has 2 rings (SSSR count). The number of hydrogen-bond donors (Lipinski definition) is 2. The van der Waals surface area contributed by atoms with Gasteiger partial charge in [-0.25, -0.2) is 0 Å². The summed E-state index contributed by atoms with van der Waals surface area (Å²) in [6, 6.07) is 12.2. The lowest BCUT2D eigenvalue weighted by atomic mass is 10.1. The fourth-order valence-corrected chi connectivity index (χ4v) is 3.05. The van der Waals surface area contributed by atoms with Crippen LogP contribution >= 0.6 is 11.8 Å². The SMILES string of the molecule is CCc1ccc(NC(=O)CS[C@@H](C)C(=O)Nc2ccccc2C(F)(F)F)cc1. The lowest BCUT2D eigenvalue weighted by molar-refractivity contribution is -0.137. The maximum absolute atomic E-state index is 13.0. The van der Waals surface area contributed by atoms with Crippen LogP contribution in [-0.2, 0) is 22.2 Å². The number of para-hydroxylation sites is 1. The molecule has 0 radical (unpaired) electrons. The van der Waals surface area contributed by atoms with E-state index in [2.05, 4.69) is 10.6 Å². The molecular weight excluding hydrogens is 389 g/mol. The molecule has 0 heterocycles. The van der Waals surface area contributed by atoms with Crippen molar-refractivity contribution in [2.45, 2.75) is 31.7 Å². The third-order valence-electron chi connectivity index (χ3n) is 3.97. The van der Waals surface area contributed by atoms with Gasteiger partial charge in [0.25, 0.3) is 0 Å². The molecule has 4 nitrogen and oxygen atoms in total. The molecule has 0 unspecified atom stereocenters. The summed E-state index contributed by atoms with van der Waals surface area (Å²) in [5.74, 6) is -0.878. The highest BCUT2D eigenvalue weighted by molar-refractivity contribution is 8.01. The summed E-state index contributed by atoms with van der Waals surface area (Å²) >= 11 is 1.05. The molecule has 0 spiro atoms. The Morgan fingerprint density at radius 2 is 1.68 bits per heavy atom. The van der Waals surface area contributed by atoms with Gasteiger partial charge in [-0.3, -0.25) is 9.59 Å². The summed E-state index contributed by atoms with van der Waals surface area (Å²) < 4.78 is 39.0. The Labute approximate surface area is 165 Å². The van der Waals surface area contributed by atoms with Gasteiger partial charge in [0.2, 0.25) is 11.8 Å². The van der Waals surface area contributed by atoms with E-state index >= 15 is 0 Å². The van der Waals surface area contributed by atoms with Gasteiger partial charge in [-0.15, -0.1) is 11.8 Å². The van der Waals surface area contributed by atoms with Crippen molar-refractivity contribution in [2.75, 3.05) is 16.4 Å². The Balaban J connectivity index is 1.88. The van der Waals surface area contributed by atoms with Crippen LogP contribution in [0.15, 0.2) is 48.5 Å². The van der Waals surface area contributed by atoms with Crippen molar-refractivity contribution in [1.29, 1.82) is 0 Å². The Kier molecular flexibility index (Phi) is 7.51. The zero-order valence-corrected chi connectivity index (χ0v) is 16.3. The molecule has 8 heteroatoms. The van der Waals surface area contributed by atoms with Crippen molar-refractivity contribution in [2.24, 2.45) is 0 Å². The van der Waals surface area contributed by atoms with Crippen LogP contribution in [0.1, 0.15) is 25.0 Å². The minimum absolute atomic E-state index is 0.00499. The molecule has 150 valence electrons. The summed E-state index contributed by atoms with van der Waals surface area (Å²) in [6.07, 6.45) is -3.67. The number of rotatable bonds is 7. The van der Waals surface area contributed by atoms with Crippen LogP contribution in [0.4, 0.5) is 24.5 Å². The van der Waals surface area contributed by atoms with Crippen LogP contribution in [0.5, 0.6) is 0 Å². The highest BCUT2D eigenvalue weighted by Gasteiger charge is 2.33. The number of thioether (sulfide) groups is 1. The number of amides is 2. The first kappa shape index (κ1) is 21.8. The first-order chi connectivity index (χ1) is 13.2. The van der Waals surface area contributed by atoms with Crippen LogP contribution in [0.25, 0.3) is 0 Å². The third-order valence-corrected chi connectivity index (χ3v) is 5.11. The number of nitrogens with one attached hydrogen (secondary N) is 2. The molecule has 2 N–H and O–H groups in total. The van der Waals surface area contributed by atoms with E-state index < -0.39 is 22.9 Å². The lowest BCUT2D eigenvalue weighted by Gasteiger charge is -2.16. The molecule has 0 aliphatic rings. The Hall–Kier alpha value is -2.48. The minimum atomic E-state index is -4.56. The highest BCUT2D eigenvalue weighted by atomic mass is 32.2. The van der Waals surface area contributed by atoms with Gasteiger partial charge in [-0.1, -0.05) is 31.2 Å². The number of carbonyl (C=O) groups is 2. The summed E-state index contributed by atoms with van der Waals surface area (Å²) in [5.41, 5.74) is 0.595. The standard InChI is InChI=1S/C20H21F3N2O2S/c1-3-14-8-10-15(11-9-14)24-18(26)12-28-13(2)19(27)25-17-7-5-4-6-16(17)20(21,22)23/h4-11,13H,3,12H2,1-2H3,(H,24,26)(H,25,27)/t13-/m0/s1. The summed E-state index contributed by atoms with van der Waals surface area (Å²) in [4.78, 5) is 24.2. The molecule has 0 aliphatic carbocycles. The normalized spacial score (nSPS) is 12.3. The lowest BCUT2D eigenvalue weighted by Crippen LogP contribution is -2.26. The Bertz CT molecular complexity index is 823. The van der Waals surface area contributed by atoms with Gasteiger partial charge in [0, 0.05) is 5.69 Å². The molecule has 2 aromatic carbocycles. The Morgan fingerprint density at radius 1 is 1.04 bits per heavy atom. The van der Waals surface area contributed by atoms with E-state index in [1.54, 1.807) is 19.1 Å². The predicted molar refractivity (Wildman–Crippen MR) is 106 cm³/mol. The predicted octanol–water partition coefficient (Wildman–Crippen LogP) is 4.97. The number of aryl methyl sites for hydroxylation is 1. The molecule has 1 atom stereocenters. The highest BCUT2D eigenvalue weighted by Crippen LogP contribution is 2.34. The van der Waals surface area contributed by atoms with Gasteiger partial charge in [0.15, 0.2) is 0 Å². The molecule has 0 saturated heterocycles. The summed E-state index contributed by atoms with van der Waals surface area (Å²) in [5, 5.41) is 4.32. The van der Waals surface area contributed by atoms with Crippen molar-refractivity contribution in [3.63, 3.8) is 0 Å². The Morgan fingerprint density at radius 3 is 2.29 bits per heavy atom. The van der Waals surface area contributed by atoms with Crippen LogP contribution in [-0.4, -0.2) is 22.8 Å². The molecule has 0 aliphatic heterocycles. The van der Waals surface area contributed by atoms with E-state index in [1.165, 1.54) is 18.2 Å². The number of alkyl halides is 3. The zero-order valence-electron chi connectivity index (χ0n) is 15.5. The smallest absolute Gasteiger partial charge is 0.325 e. The quantitative estimate of drug-likeness (QED) is 0.678. The maximum atomic E-state index is 13.0. The molecule has 28 heavy (non-hydrogen) atoms. The molecule has 2 aromatic rings. The molecular formula is C20H21F3N2O2S. The van der Waals surface area contributed by atoms with Crippen LogP contribution < -0.4 is 10.6 Å². The second kappa shape index (κ2) is 9.64. The maximum Gasteiger partial charge on any atom is 0.418 e. The molecule has 0 saturated carbocycles. The second-order valence-corrected chi connectivity index (χ2v) is 7.41. The topological polar surface area (TPSA) is 58.2 Å². The summed E-state index contributed by atoms with van der Waals surface area (Å²) in [6.45, 7) is 3.57. The third kappa shape index (κ3) is 6.30. The van der Waals surface area contributed by atoms with Gasteiger partial charge in [-0.05, 0) is 43.2 Å². The van der Waals surface area contributed by atoms with Gasteiger partial charge in [0.1, 0.15) is 0 Å². The first-order valence-corrected chi connectivity index (χ1v) is 9.73. The largest absolute Gasteiger partial charge is 0.418 e. The van der Waals surface area contributed by atoms with E-state index in [0.717, 1.165) is 29.8 Å². The summed E-state index contributed by atoms with van der Waals surface area (Å²) in [7, 11) is 0. The molecule has 2 amide bonds. The average Bonchev–Trinajstić information content (AvgIpc) is 2.66. The van der Waals surface area contributed by atoms with Crippen molar-refractivity contribution in [3.05, 3.63) is 59.7 Å². The molecule has 0 aromatic heterocycles. The van der Waals surface area contributed by atoms with E-state index in [4.69, 9.17) is 0 Å². The van der Waals surface area contributed by atoms with Crippen molar-refractivity contribution in [3.8, 4) is 0 Å². The van der Waals surface area contributed by atoms with Gasteiger partial charge < -0.3 is 10.6 Å². The number of carbonyl (C=O) groups excluding carboxylic acids is 2. The van der Waals surface area contributed by atoms with Crippen LogP contribution in [0.3, 0.4) is 0 Å². The van der Waals surface area contributed by atoms with Gasteiger partial charge >= 0.3 is 6.18 Å².